The molecular weight excluding hydrogens is 229 g/mol. The van der Waals surface area contributed by atoms with Gasteiger partial charge in [0.15, 0.2) is 0 Å². The highest BCUT2D eigenvalue weighted by atomic mass is 31.1. The van der Waals surface area contributed by atoms with Crippen LogP contribution in [0.3, 0.4) is 0 Å². The number of nitrogens with zero attached hydrogens (tertiary/aromatic N) is 1. The summed E-state index contributed by atoms with van der Waals surface area (Å²) in [7, 11) is 0.416. The molecule has 0 rings (SSSR count). The molecule has 1 N–H and O–H groups in total. The van der Waals surface area contributed by atoms with Crippen molar-refractivity contribution in [3.05, 3.63) is 24.0 Å². The van der Waals surface area contributed by atoms with Gasteiger partial charge in [0.2, 0.25) is 5.91 Å². The second-order valence-electron chi connectivity index (χ2n) is 3.35. The Morgan fingerprint density at radius 3 is 2.56 bits per heavy atom. The molecule has 5 nitrogen and oxygen atoms in total. The fourth-order valence-corrected chi connectivity index (χ4v) is 1.27. The van der Waals surface area contributed by atoms with Crippen LogP contribution in [0.2, 0.25) is 0 Å². The van der Waals surface area contributed by atoms with Gasteiger partial charge in [-0.3, -0.25) is 4.79 Å². The second kappa shape index (κ2) is 8.13. The van der Waals surface area contributed by atoms with Crippen LogP contribution >= 0.6 is 8.25 Å². The molecule has 92 valence electrons. The van der Waals surface area contributed by atoms with Crippen molar-refractivity contribution in [1.29, 1.82) is 0 Å². The van der Waals surface area contributed by atoms with E-state index in [1.54, 1.807) is 20.2 Å². The molecule has 0 saturated carbocycles. The van der Waals surface area contributed by atoms with E-state index in [9.17, 15) is 9.36 Å². The lowest BCUT2D eigenvalue weighted by molar-refractivity contribution is -0.124. The van der Waals surface area contributed by atoms with Crippen molar-refractivity contribution in [3.63, 3.8) is 0 Å². The standard InChI is InChI=1S/C10H18NO4P/c1-4-6-9(10(12)11(2)3)7-5-8-15-16(13)14/h5,7-8,16H,4,6H2,1-3H3,(H,13,14)/b8-5+,9-7-. The summed E-state index contributed by atoms with van der Waals surface area (Å²) in [5.74, 6) is -0.0665. The lowest BCUT2D eigenvalue weighted by Crippen LogP contribution is -2.23. The van der Waals surface area contributed by atoms with Crippen LogP contribution in [0.4, 0.5) is 0 Å². The van der Waals surface area contributed by atoms with Crippen LogP contribution < -0.4 is 0 Å². The third-order valence-electron chi connectivity index (χ3n) is 1.75. The Kier molecular flexibility index (Phi) is 7.60. The van der Waals surface area contributed by atoms with E-state index in [4.69, 9.17) is 4.89 Å². The van der Waals surface area contributed by atoms with E-state index in [1.807, 2.05) is 6.92 Å². The zero-order chi connectivity index (χ0) is 12.6. The second-order valence-corrected chi connectivity index (χ2v) is 4.12. The average Bonchev–Trinajstić information content (AvgIpc) is 2.21. The van der Waals surface area contributed by atoms with Crippen molar-refractivity contribution in [2.75, 3.05) is 14.1 Å². The number of carbonyl (C=O) groups is 1. The summed E-state index contributed by atoms with van der Waals surface area (Å²) in [5.41, 5.74) is 0.643. The van der Waals surface area contributed by atoms with Crippen LogP contribution in [0.25, 0.3) is 0 Å². The number of amides is 1. The Balaban J connectivity index is 4.52. The van der Waals surface area contributed by atoms with Crippen molar-refractivity contribution >= 4 is 14.2 Å². The predicted molar refractivity (Wildman–Crippen MR) is 63.1 cm³/mol. The summed E-state index contributed by atoms with van der Waals surface area (Å²) in [6, 6.07) is 0. The molecular formula is C10H18NO4P. The minimum absolute atomic E-state index is 0.0665. The van der Waals surface area contributed by atoms with Gasteiger partial charge in [0.1, 0.15) is 0 Å². The van der Waals surface area contributed by atoms with Gasteiger partial charge >= 0.3 is 8.25 Å². The van der Waals surface area contributed by atoms with Crippen LogP contribution in [-0.4, -0.2) is 29.8 Å². The maximum Gasteiger partial charge on any atom is 0.364 e. The molecule has 0 spiro atoms. The first-order valence-electron chi connectivity index (χ1n) is 4.96. The fourth-order valence-electron chi connectivity index (χ4n) is 1.07. The monoisotopic (exact) mass is 247 g/mol. The van der Waals surface area contributed by atoms with Crippen LogP contribution in [0.1, 0.15) is 19.8 Å². The number of hydrogen-bond acceptors (Lipinski definition) is 3. The number of carbonyl (C=O) groups excluding carboxylic acids is 1. The number of hydrogen-bond donors (Lipinski definition) is 1. The van der Waals surface area contributed by atoms with Gasteiger partial charge in [0.05, 0.1) is 6.26 Å². The first kappa shape index (κ1) is 14.9. The molecule has 1 unspecified atom stereocenters. The van der Waals surface area contributed by atoms with E-state index < -0.39 is 8.25 Å². The molecule has 0 fully saturated rings. The van der Waals surface area contributed by atoms with Gasteiger partial charge in [-0.15, -0.1) is 0 Å². The molecule has 0 saturated heterocycles. The highest BCUT2D eigenvalue weighted by Crippen LogP contribution is 2.14. The number of rotatable bonds is 6. The Hall–Kier alpha value is -1.06. The zero-order valence-electron chi connectivity index (χ0n) is 9.77. The largest absolute Gasteiger partial charge is 0.434 e. The molecule has 16 heavy (non-hydrogen) atoms. The highest BCUT2D eigenvalue weighted by molar-refractivity contribution is 7.32. The van der Waals surface area contributed by atoms with Crippen LogP contribution in [-0.2, 0) is 13.9 Å². The van der Waals surface area contributed by atoms with Gasteiger partial charge in [-0.1, -0.05) is 19.4 Å². The predicted octanol–water partition coefficient (Wildman–Crippen LogP) is 1.71. The van der Waals surface area contributed by atoms with Gasteiger partial charge in [-0.2, -0.15) is 0 Å². The molecule has 0 aromatic heterocycles. The smallest absolute Gasteiger partial charge is 0.364 e. The van der Waals surface area contributed by atoms with Crippen molar-refractivity contribution in [1.82, 2.24) is 4.90 Å². The summed E-state index contributed by atoms with van der Waals surface area (Å²) in [5, 5.41) is 0. The normalized spacial score (nSPS) is 13.9. The summed E-state index contributed by atoms with van der Waals surface area (Å²) >= 11 is 0. The van der Waals surface area contributed by atoms with Crippen LogP contribution in [0.5, 0.6) is 0 Å². The highest BCUT2D eigenvalue weighted by Gasteiger charge is 2.09. The van der Waals surface area contributed by atoms with Gasteiger partial charge in [0, 0.05) is 19.7 Å². The molecule has 6 heteroatoms. The van der Waals surface area contributed by atoms with Crippen molar-refractivity contribution in [2.24, 2.45) is 0 Å². The first-order chi connectivity index (χ1) is 7.49. The van der Waals surface area contributed by atoms with E-state index in [-0.39, 0.29) is 5.91 Å². The van der Waals surface area contributed by atoms with E-state index in [0.29, 0.717) is 12.0 Å². The van der Waals surface area contributed by atoms with Gasteiger partial charge in [-0.05, 0) is 12.5 Å². The maximum absolute atomic E-state index is 11.6. The SMILES string of the molecule is CCC/C(=C/C=C/O[PH](=O)O)C(=O)N(C)C. The van der Waals surface area contributed by atoms with Crippen molar-refractivity contribution in [2.45, 2.75) is 19.8 Å². The molecule has 0 bridgehead atoms. The summed E-state index contributed by atoms with van der Waals surface area (Å²) in [6.45, 7) is 1.98. The topological polar surface area (TPSA) is 66.8 Å². The van der Waals surface area contributed by atoms with Crippen molar-refractivity contribution in [3.8, 4) is 0 Å². The molecule has 0 aliphatic carbocycles. The van der Waals surface area contributed by atoms with E-state index in [1.165, 1.54) is 11.0 Å². The van der Waals surface area contributed by atoms with Gasteiger partial charge in [-0.25, -0.2) is 4.57 Å². The molecule has 1 amide bonds. The fraction of sp³-hybridized carbons (Fsp3) is 0.500. The van der Waals surface area contributed by atoms with Crippen LogP contribution in [0.15, 0.2) is 24.0 Å². The molecule has 0 heterocycles. The molecule has 0 aliphatic rings. The van der Waals surface area contributed by atoms with Crippen LogP contribution in [0, 0.1) is 0 Å². The zero-order valence-corrected chi connectivity index (χ0v) is 10.8. The third kappa shape index (κ3) is 6.43. The first-order valence-corrected chi connectivity index (χ1v) is 6.22. The van der Waals surface area contributed by atoms with Gasteiger partial charge in [0.25, 0.3) is 0 Å². The molecule has 0 aromatic carbocycles. The Bertz CT molecular complexity index is 310. The Labute approximate surface area is 96.4 Å². The van der Waals surface area contributed by atoms with E-state index in [2.05, 4.69) is 4.52 Å². The summed E-state index contributed by atoms with van der Waals surface area (Å²) < 4.78 is 14.6. The third-order valence-corrected chi connectivity index (χ3v) is 2.08. The minimum atomic E-state index is -2.94. The Morgan fingerprint density at radius 2 is 2.12 bits per heavy atom. The lowest BCUT2D eigenvalue weighted by Gasteiger charge is -2.12. The Morgan fingerprint density at radius 1 is 1.50 bits per heavy atom. The quantitative estimate of drug-likeness (QED) is 0.336. The van der Waals surface area contributed by atoms with E-state index in [0.717, 1.165) is 12.7 Å². The maximum atomic E-state index is 11.6. The number of likely N-dealkylation sites (N-methyl/N-ethyl adjacent to an activating group) is 1. The summed E-state index contributed by atoms with van der Waals surface area (Å²) in [6.07, 6.45) is 5.67. The van der Waals surface area contributed by atoms with Gasteiger partial charge < -0.3 is 14.3 Å². The molecule has 0 aliphatic heterocycles. The number of allylic oxidation sites excluding steroid dienone is 2. The summed E-state index contributed by atoms with van der Waals surface area (Å²) in [4.78, 5) is 21.5. The molecule has 0 radical (unpaired) electrons. The molecule has 0 aromatic rings. The lowest BCUT2D eigenvalue weighted by atomic mass is 10.1. The van der Waals surface area contributed by atoms with Crippen molar-refractivity contribution < 1.29 is 18.8 Å². The van der Waals surface area contributed by atoms with E-state index >= 15 is 0 Å². The minimum Gasteiger partial charge on any atom is -0.434 e. The average molecular weight is 247 g/mol. The molecule has 1 atom stereocenters.